The monoisotopic (exact) mass is 270 g/mol. The van der Waals surface area contributed by atoms with Crippen LogP contribution < -0.4 is 16.4 Å². The minimum Gasteiger partial charge on any atom is -0.368 e. The molecule has 0 unspecified atom stereocenters. The van der Waals surface area contributed by atoms with Crippen LogP contribution in [0, 0.1) is 0 Å². The number of nitrogens with two attached hydrogens (primary N) is 1. The maximum Gasteiger partial charge on any atom is 0.229 e. The number of aromatic nitrogens is 3. The summed E-state index contributed by atoms with van der Waals surface area (Å²) in [5.74, 6) is 1.07. The lowest BCUT2D eigenvalue weighted by Crippen LogP contribution is -2.12. The maximum atomic E-state index is 5.67. The van der Waals surface area contributed by atoms with E-state index >= 15 is 0 Å². The van der Waals surface area contributed by atoms with Gasteiger partial charge in [0.2, 0.25) is 17.8 Å². The van der Waals surface area contributed by atoms with Crippen LogP contribution in [0.2, 0.25) is 0 Å². The van der Waals surface area contributed by atoms with Crippen molar-refractivity contribution in [1.29, 1.82) is 0 Å². The average molecular weight is 270 g/mol. The van der Waals surface area contributed by atoms with Gasteiger partial charge in [-0.25, -0.2) is 0 Å². The van der Waals surface area contributed by atoms with E-state index in [9.17, 15) is 0 Å². The Bertz CT molecular complexity index is 581. The van der Waals surface area contributed by atoms with Crippen LogP contribution in [-0.2, 0) is 6.54 Å². The first-order chi connectivity index (χ1) is 9.63. The van der Waals surface area contributed by atoms with E-state index < -0.39 is 0 Å². The number of rotatable bonds is 6. The Hall–Kier alpha value is -2.63. The quantitative estimate of drug-likeness (QED) is 0.696. The van der Waals surface area contributed by atoms with Crippen LogP contribution in [0.15, 0.2) is 42.5 Å². The molecule has 1 aromatic heterocycles. The van der Waals surface area contributed by atoms with Gasteiger partial charge in [0, 0.05) is 13.1 Å². The Morgan fingerprint density at radius 3 is 2.40 bits per heavy atom. The Balaban J connectivity index is 2.02. The summed E-state index contributed by atoms with van der Waals surface area (Å²) in [6, 6.07) is 10.00. The van der Waals surface area contributed by atoms with Gasteiger partial charge >= 0.3 is 0 Å². The number of nitrogens with zero attached hydrogens (tertiary/aromatic N) is 3. The zero-order chi connectivity index (χ0) is 14.4. The van der Waals surface area contributed by atoms with Crippen LogP contribution in [0.1, 0.15) is 12.5 Å². The molecule has 0 saturated heterocycles. The van der Waals surface area contributed by atoms with E-state index in [4.69, 9.17) is 5.73 Å². The third-order valence-corrected chi connectivity index (χ3v) is 2.49. The van der Waals surface area contributed by atoms with Gasteiger partial charge in [0.1, 0.15) is 0 Å². The van der Waals surface area contributed by atoms with Crippen molar-refractivity contribution in [2.45, 2.75) is 13.5 Å². The van der Waals surface area contributed by atoms with Crippen LogP contribution in [0.25, 0.3) is 0 Å². The van der Waals surface area contributed by atoms with Gasteiger partial charge in [0.15, 0.2) is 0 Å². The van der Waals surface area contributed by atoms with Gasteiger partial charge in [-0.3, -0.25) is 0 Å². The number of hydrogen-bond acceptors (Lipinski definition) is 6. The first-order valence-corrected chi connectivity index (χ1v) is 6.31. The van der Waals surface area contributed by atoms with Crippen molar-refractivity contribution in [3.05, 3.63) is 48.0 Å². The Morgan fingerprint density at radius 2 is 1.75 bits per heavy atom. The van der Waals surface area contributed by atoms with Gasteiger partial charge in [-0.2, -0.15) is 15.0 Å². The van der Waals surface area contributed by atoms with E-state index in [0.29, 0.717) is 25.0 Å². The second-order valence-corrected chi connectivity index (χ2v) is 4.49. The maximum absolute atomic E-state index is 5.67. The minimum atomic E-state index is 0.180. The van der Waals surface area contributed by atoms with Crippen molar-refractivity contribution in [3.63, 3.8) is 0 Å². The molecule has 0 atom stereocenters. The lowest BCUT2D eigenvalue weighted by Gasteiger charge is -2.08. The minimum absolute atomic E-state index is 0.180. The number of nitrogens with one attached hydrogen (secondary N) is 2. The van der Waals surface area contributed by atoms with Gasteiger partial charge < -0.3 is 16.4 Å². The molecule has 6 nitrogen and oxygen atoms in total. The summed E-state index contributed by atoms with van der Waals surface area (Å²) in [6.07, 6.45) is 0. The topological polar surface area (TPSA) is 88.8 Å². The van der Waals surface area contributed by atoms with E-state index in [1.807, 2.05) is 37.3 Å². The highest BCUT2D eigenvalue weighted by molar-refractivity contribution is 5.41. The van der Waals surface area contributed by atoms with Gasteiger partial charge in [0.05, 0.1) is 0 Å². The molecule has 1 heterocycles. The zero-order valence-electron chi connectivity index (χ0n) is 11.4. The lowest BCUT2D eigenvalue weighted by molar-refractivity contribution is 0.999. The average Bonchev–Trinajstić information content (AvgIpc) is 2.44. The van der Waals surface area contributed by atoms with Crippen LogP contribution in [-0.4, -0.2) is 21.5 Å². The Morgan fingerprint density at radius 1 is 1.10 bits per heavy atom. The van der Waals surface area contributed by atoms with Crippen molar-refractivity contribution >= 4 is 17.8 Å². The van der Waals surface area contributed by atoms with Crippen molar-refractivity contribution in [3.8, 4) is 0 Å². The molecule has 6 heteroatoms. The molecule has 0 fully saturated rings. The third kappa shape index (κ3) is 4.24. The normalized spacial score (nSPS) is 10.1. The predicted octanol–water partition coefficient (Wildman–Crippen LogP) is 2.05. The van der Waals surface area contributed by atoms with Crippen molar-refractivity contribution in [2.24, 2.45) is 0 Å². The highest BCUT2D eigenvalue weighted by Crippen LogP contribution is 2.09. The molecule has 20 heavy (non-hydrogen) atoms. The fraction of sp³-hybridized carbons (Fsp3) is 0.214. The summed E-state index contributed by atoms with van der Waals surface area (Å²) in [7, 11) is 0. The number of benzene rings is 1. The van der Waals surface area contributed by atoms with E-state index in [1.165, 1.54) is 0 Å². The first kappa shape index (κ1) is 13.8. The van der Waals surface area contributed by atoms with Crippen molar-refractivity contribution in [1.82, 2.24) is 15.0 Å². The molecule has 0 bridgehead atoms. The molecule has 0 aliphatic rings. The second-order valence-electron chi connectivity index (χ2n) is 4.49. The number of anilines is 3. The standard InChI is InChI=1S/C14H18N6/c1-10(2)8-16-13-18-12(15)19-14(20-13)17-9-11-6-4-3-5-7-11/h3-7H,1,8-9H2,2H3,(H4,15,16,17,18,19,20). The van der Waals surface area contributed by atoms with Gasteiger partial charge in [-0.1, -0.05) is 42.5 Å². The largest absolute Gasteiger partial charge is 0.368 e. The van der Waals surface area contributed by atoms with Gasteiger partial charge in [0.25, 0.3) is 0 Å². The summed E-state index contributed by atoms with van der Waals surface area (Å²) in [4.78, 5) is 12.3. The van der Waals surface area contributed by atoms with E-state index in [-0.39, 0.29) is 5.95 Å². The molecule has 0 spiro atoms. The van der Waals surface area contributed by atoms with E-state index in [2.05, 4.69) is 32.2 Å². The Kier molecular flexibility index (Phi) is 4.49. The molecular formula is C14H18N6. The van der Waals surface area contributed by atoms with Crippen molar-refractivity contribution < 1.29 is 0 Å². The molecule has 2 aromatic rings. The molecule has 1 aromatic carbocycles. The molecular weight excluding hydrogens is 252 g/mol. The fourth-order valence-electron chi connectivity index (χ4n) is 1.56. The summed E-state index contributed by atoms with van der Waals surface area (Å²) in [5, 5.41) is 6.17. The Labute approximate surface area is 118 Å². The number of nitrogen functional groups attached to an aromatic ring is 1. The molecule has 0 aliphatic heterocycles. The number of hydrogen-bond donors (Lipinski definition) is 3. The molecule has 0 aliphatic carbocycles. The van der Waals surface area contributed by atoms with E-state index in [1.54, 1.807) is 0 Å². The molecule has 0 saturated carbocycles. The molecule has 104 valence electrons. The SMILES string of the molecule is C=C(C)CNc1nc(N)nc(NCc2ccccc2)n1. The van der Waals surface area contributed by atoms with Crippen molar-refractivity contribution in [2.75, 3.05) is 22.9 Å². The fourth-order valence-corrected chi connectivity index (χ4v) is 1.56. The highest BCUT2D eigenvalue weighted by atomic mass is 15.2. The van der Waals surface area contributed by atoms with Gasteiger partial charge in [-0.05, 0) is 12.5 Å². The molecule has 0 radical (unpaired) electrons. The molecule has 0 amide bonds. The van der Waals surface area contributed by atoms with Crippen LogP contribution in [0.3, 0.4) is 0 Å². The van der Waals surface area contributed by atoms with Crippen LogP contribution in [0.5, 0.6) is 0 Å². The summed E-state index contributed by atoms with van der Waals surface area (Å²) < 4.78 is 0. The summed E-state index contributed by atoms with van der Waals surface area (Å²) in [5.41, 5.74) is 7.80. The van der Waals surface area contributed by atoms with Crippen LogP contribution in [0.4, 0.5) is 17.8 Å². The summed E-state index contributed by atoms with van der Waals surface area (Å²) >= 11 is 0. The summed E-state index contributed by atoms with van der Waals surface area (Å²) in [6.45, 7) is 6.96. The molecule has 2 rings (SSSR count). The first-order valence-electron chi connectivity index (χ1n) is 6.31. The lowest BCUT2D eigenvalue weighted by atomic mass is 10.2. The predicted molar refractivity (Wildman–Crippen MR) is 81.3 cm³/mol. The van der Waals surface area contributed by atoms with E-state index in [0.717, 1.165) is 11.1 Å². The van der Waals surface area contributed by atoms with Gasteiger partial charge in [-0.15, -0.1) is 0 Å². The third-order valence-electron chi connectivity index (χ3n) is 2.49. The second kappa shape index (κ2) is 6.51. The highest BCUT2D eigenvalue weighted by Gasteiger charge is 2.03. The zero-order valence-corrected chi connectivity index (χ0v) is 11.4. The molecule has 4 N–H and O–H groups in total. The smallest absolute Gasteiger partial charge is 0.229 e. The van der Waals surface area contributed by atoms with Crippen LogP contribution >= 0.6 is 0 Å².